The van der Waals surface area contributed by atoms with Crippen LogP contribution in [0.5, 0.6) is 0 Å². The Kier molecular flexibility index (Phi) is 7.14. The van der Waals surface area contributed by atoms with E-state index in [0.717, 1.165) is 10.9 Å². The van der Waals surface area contributed by atoms with Gasteiger partial charge in [0, 0.05) is 28.6 Å². The second-order valence-corrected chi connectivity index (χ2v) is 8.46. The number of nitrogens with zero attached hydrogens (tertiary/aromatic N) is 2. The predicted octanol–water partition coefficient (Wildman–Crippen LogP) is 3.17. The van der Waals surface area contributed by atoms with Gasteiger partial charge in [0.2, 0.25) is 10.0 Å². The molecule has 0 amide bonds. The first-order chi connectivity index (χ1) is 9.28. The third kappa shape index (κ3) is 4.80. The average molecular weight is 428 g/mol. The van der Waals surface area contributed by atoms with E-state index >= 15 is 0 Å². The number of benzene rings is 1. The third-order valence-electron chi connectivity index (χ3n) is 2.78. The standard InChI is InChI=1S/C13H20Br2N2O2S/c1-4-7-17(9-8-16(2)3)20(18,19)13-10-11(14)5-6-12(13)15/h5-6,10H,4,7-9H2,1-3H3. The molecule has 20 heavy (non-hydrogen) atoms. The quantitative estimate of drug-likeness (QED) is 0.670. The van der Waals surface area contributed by atoms with E-state index in [9.17, 15) is 8.42 Å². The Morgan fingerprint density at radius 3 is 2.30 bits per heavy atom. The van der Waals surface area contributed by atoms with Crippen LogP contribution in [0.2, 0.25) is 0 Å². The van der Waals surface area contributed by atoms with E-state index in [-0.39, 0.29) is 0 Å². The molecular formula is C13H20Br2N2O2S. The second kappa shape index (κ2) is 7.89. The topological polar surface area (TPSA) is 40.6 Å². The number of likely N-dealkylation sites (N-methyl/N-ethyl adjacent to an activating group) is 1. The van der Waals surface area contributed by atoms with Crippen molar-refractivity contribution in [2.45, 2.75) is 18.2 Å². The van der Waals surface area contributed by atoms with Crippen molar-refractivity contribution >= 4 is 41.9 Å². The second-order valence-electron chi connectivity index (χ2n) is 4.78. The third-order valence-corrected chi connectivity index (χ3v) is 6.17. The fourth-order valence-electron chi connectivity index (χ4n) is 1.73. The van der Waals surface area contributed by atoms with Crippen LogP contribution in [-0.2, 0) is 10.0 Å². The van der Waals surface area contributed by atoms with E-state index in [1.165, 1.54) is 0 Å². The van der Waals surface area contributed by atoms with Gasteiger partial charge in [0.25, 0.3) is 0 Å². The summed E-state index contributed by atoms with van der Waals surface area (Å²) in [6.07, 6.45) is 0.790. The van der Waals surface area contributed by atoms with Crippen molar-refractivity contribution in [3.05, 3.63) is 27.1 Å². The smallest absolute Gasteiger partial charge is 0.244 e. The van der Waals surface area contributed by atoms with Gasteiger partial charge in [-0.1, -0.05) is 22.9 Å². The van der Waals surface area contributed by atoms with Gasteiger partial charge in [-0.3, -0.25) is 0 Å². The van der Waals surface area contributed by atoms with E-state index in [2.05, 4.69) is 31.9 Å². The molecule has 0 aromatic heterocycles. The molecule has 1 aromatic rings. The fraction of sp³-hybridized carbons (Fsp3) is 0.538. The largest absolute Gasteiger partial charge is 0.308 e. The summed E-state index contributed by atoms with van der Waals surface area (Å²) in [5, 5.41) is 0. The van der Waals surface area contributed by atoms with Crippen molar-refractivity contribution in [2.24, 2.45) is 0 Å². The van der Waals surface area contributed by atoms with Crippen LogP contribution in [0.3, 0.4) is 0 Å². The summed E-state index contributed by atoms with van der Waals surface area (Å²) in [6.45, 7) is 3.69. The Hall–Kier alpha value is 0.0500. The number of rotatable bonds is 7. The highest BCUT2D eigenvalue weighted by atomic mass is 79.9. The summed E-state index contributed by atoms with van der Waals surface area (Å²) in [5.74, 6) is 0. The summed E-state index contributed by atoms with van der Waals surface area (Å²) in [5.41, 5.74) is 0. The van der Waals surface area contributed by atoms with Gasteiger partial charge in [0.15, 0.2) is 0 Å². The van der Waals surface area contributed by atoms with Gasteiger partial charge in [-0.25, -0.2) is 8.42 Å². The van der Waals surface area contributed by atoms with E-state index in [0.29, 0.717) is 29.0 Å². The lowest BCUT2D eigenvalue weighted by Crippen LogP contribution is -2.37. The molecule has 7 heteroatoms. The molecule has 0 aliphatic rings. The Morgan fingerprint density at radius 1 is 1.10 bits per heavy atom. The molecule has 0 atom stereocenters. The summed E-state index contributed by atoms with van der Waals surface area (Å²) in [7, 11) is 0.390. The SMILES string of the molecule is CCCN(CCN(C)C)S(=O)(=O)c1cc(Br)ccc1Br. The minimum atomic E-state index is -3.48. The molecule has 0 aliphatic carbocycles. The molecule has 0 N–H and O–H groups in total. The number of sulfonamides is 1. The molecule has 0 radical (unpaired) electrons. The zero-order chi connectivity index (χ0) is 15.3. The van der Waals surface area contributed by atoms with Gasteiger partial charge in [0.1, 0.15) is 0 Å². The molecule has 1 aromatic carbocycles. The number of halogens is 2. The van der Waals surface area contributed by atoms with Crippen molar-refractivity contribution in [1.82, 2.24) is 9.21 Å². The lowest BCUT2D eigenvalue weighted by Gasteiger charge is -2.24. The van der Waals surface area contributed by atoms with Crippen molar-refractivity contribution in [1.29, 1.82) is 0 Å². The fourth-order valence-corrected chi connectivity index (χ4v) is 4.71. The van der Waals surface area contributed by atoms with Crippen molar-refractivity contribution in [3.63, 3.8) is 0 Å². The molecule has 0 fully saturated rings. The van der Waals surface area contributed by atoms with E-state index in [1.54, 1.807) is 16.4 Å². The van der Waals surface area contributed by atoms with E-state index in [4.69, 9.17) is 0 Å². The highest BCUT2D eigenvalue weighted by Gasteiger charge is 2.26. The zero-order valence-corrected chi connectivity index (χ0v) is 15.9. The Labute approximate surface area is 138 Å². The first kappa shape index (κ1) is 18.1. The van der Waals surface area contributed by atoms with Crippen LogP contribution in [0.25, 0.3) is 0 Å². The minimum Gasteiger partial charge on any atom is -0.308 e. The Bertz CT molecular complexity index is 547. The van der Waals surface area contributed by atoms with Crippen LogP contribution in [-0.4, -0.2) is 51.4 Å². The van der Waals surface area contributed by atoms with Crippen LogP contribution in [0.4, 0.5) is 0 Å². The molecule has 0 spiro atoms. The molecule has 0 bridgehead atoms. The van der Waals surface area contributed by atoms with Gasteiger partial charge in [-0.15, -0.1) is 0 Å². The van der Waals surface area contributed by atoms with Crippen molar-refractivity contribution in [2.75, 3.05) is 33.7 Å². The summed E-state index contributed by atoms with van der Waals surface area (Å²) >= 11 is 6.66. The molecule has 0 saturated heterocycles. The highest BCUT2D eigenvalue weighted by molar-refractivity contribution is 9.11. The van der Waals surface area contributed by atoms with Crippen LogP contribution in [0.1, 0.15) is 13.3 Å². The molecule has 4 nitrogen and oxygen atoms in total. The number of hydrogen-bond donors (Lipinski definition) is 0. The maximum Gasteiger partial charge on any atom is 0.244 e. The van der Waals surface area contributed by atoms with Crippen LogP contribution >= 0.6 is 31.9 Å². The van der Waals surface area contributed by atoms with Gasteiger partial charge < -0.3 is 4.90 Å². The first-order valence-corrected chi connectivity index (χ1v) is 9.41. The molecule has 1 rings (SSSR count). The minimum absolute atomic E-state index is 0.305. The molecule has 0 saturated carbocycles. The van der Waals surface area contributed by atoms with Crippen LogP contribution in [0.15, 0.2) is 32.0 Å². The Morgan fingerprint density at radius 2 is 1.75 bits per heavy atom. The van der Waals surface area contributed by atoms with Crippen molar-refractivity contribution < 1.29 is 8.42 Å². The maximum atomic E-state index is 12.8. The molecule has 0 unspecified atom stereocenters. The average Bonchev–Trinajstić information content (AvgIpc) is 2.36. The van der Waals surface area contributed by atoms with Gasteiger partial charge in [-0.05, 0) is 54.6 Å². The normalized spacial score (nSPS) is 12.3. The number of hydrogen-bond acceptors (Lipinski definition) is 3. The molecule has 0 heterocycles. The monoisotopic (exact) mass is 426 g/mol. The predicted molar refractivity (Wildman–Crippen MR) is 89.4 cm³/mol. The highest BCUT2D eigenvalue weighted by Crippen LogP contribution is 2.28. The Balaban J connectivity index is 3.12. The maximum absolute atomic E-state index is 12.8. The van der Waals surface area contributed by atoms with Crippen LogP contribution < -0.4 is 0 Å². The summed E-state index contributed by atoms with van der Waals surface area (Å²) in [6, 6.07) is 5.19. The molecule has 114 valence electrons. The summed E-state index contributed by atoms with van der Waals surface area (Å²) in [4.78, 5) is 2.28. The lowest BCUT2D eigenvalue weighted by molar-refractivity contribution is 0.333. The first-order valence-electron chi connectivity index (χ1n) is 6.39. The molecule has 0 aliphatic heterocycles. The van der Waals surface area contributed by atoms with Gasteiger partial charge >= 0.3 is 0 Å². The summed E-state index contributed by atoms with van der Waals surface area (Å²) < 4.78 is 28.4. The molecular weight excluding hydrogens is 408 g/mol. The van der Waals surface area contributed by atoms with Gasteiger partial charge in [-0.2, -0.15) is 4.31 Å². The van der Waals surface area contributed by atoms with E-state index < -0.39 is 10.0 Å². The zero-order valence-electron chi connectivity index (χ0n) is 11.9. The van der Waals surface area contributed by atoms with Gasteiger partial charge in [0.05, 0.1) is 4.90 Å². The van der Waals surface area contributed by atoms with Crippen LogP contribution in [0, 0.1) is 0 Å². The van der Waals surface area contributed by atoms with Crippen molar-refractivity contribution in [3.8, 4) is 0 Å². The lowest BCUT2D eigenvalue weighted by atomic mass is 10.4. The van der Waals surface area contributed by atoms with E-state index in [1.807, 2.05) is 32.0 Å².